The predicted octanol–water partition coefficient (Wildman–Crippen LogP) is 5.57. The van der Waals surface area contributed by atoms with E-state index in [-0.39, 0.29) is 6.15 Å². The fourth-order valence-electron chi connectivity index (χ4n) is 1.93. The van der Waals surface area contributed by atoms with E-state index in [1.165, 1.54) is 29.5 Å². The monoisotopic (exact) mass is 237 g/mol. The molecule has 0 spiro atoms. The molecule has 17 heavy (non-hydrogen) atoms. The maximum atomic E-state index is 2.34. The molecule has 0 amide bonds. The van der Waals surface area contributed by atoms with E-state index in [2.05, 4.69) is 52.8 Å². The van der Waals surface area contributed by atoms with Gasteiger partial charge in [0, 0.05) is 0 Å². The highest BCUT2D eigenvalue weighted by Crippen LogP contribution is 2.29. The fourth-order valence-corrected chi connectivity index (χ4v) is 1.93. The van der Waals surface area contributed by atoms with Crippen LogP contribution in [-0.4, -0.2) is 0 Å². The van der Waals surface area contributed by atoms with E-state index < -0.39 is 0 Å². The van der Waals surface area contributed by atoms with Crippen molar-refractivity contribution in [2.75, 3.05) is 0 Å². The zero-order valence-corrected chi connectivity index (χ0v) is 12.9. The van der Waals surface area contributed by atoms with Crippen LogP contribution >= 0.6 is 0 Å². The second kappa shape index (κ2) is 8.30. The number of hydrogen-bond donors (Lipinski definition) is 1. The molecule has 1 aromatic carbocycles. The summed E-state index contributed by atoms with van der Waals surface area (Å²) in [5, 5.41) is 0. The third-order valence-electron chi connectivity index (χ3n) is 3.16. The average molecular weight is 237 g/mol. The van der Waals surface area contributed by atoms with E-state index in [4.69, 9.17) is 0 Å². The zero-order valence-electron chi connectivity index (χ0n) is 12.9. The minimum atomic E-state index is 0. The molecule has 1 aromatic rings. The molecule has 0 fully saturated rings. The maximum absolute atomic E-state index is 2.34. The lowest BCUT2D eigenvalue weighted by Crippen LogP contribution is -2.16. The van der Waals surface area contributed by atoms with Crippen molar-refractivity contribution >= 4 is 0 Å². The highest BCUT2D eigenvalue weighted by molar-refractivity contribution is 5.33. The molecule has 1 nitrogen and oxygen atoms in total. The van der Waals surface area contributed by atoms with E-state index in [0.29, 0.717) is 5.41 Å². The van der Waals surface area contributed by atoms with Crippen molar-refractivity contribution in [1.29, 1.82) is 0 Å². The van der Waals surface area contributed by atoms with Gasteiger partial charge in [0.15, 0.2) is 0 Å². The zero-order chi connectivity index (χ0) is 12.8. The van der Waals surface area contributed by atoms with Crippen LogP contribution in [-0.2, 0) is 5.41 Å². The topological polar surface area (TPSA) is 35.0 Å². The molecule has 0 aliphatic rings. The van der Waals surface area contributed by atoms with Gasteiger partial charge in [-0.05, 0) is 42.4 Å². The number of rotatable bonds is 3. The van der Waals surface area contributed by atoms with Crippen molar-refractivity contribution in [1.82, 2.24) is 6.15 Å². The van der Waals surface area contributed by atoms with Crippen molar-refractivity contribution in [2.24, 2.45) is 0 Å². The van der Waals surface area contributed by atoms with Gasteiger partial charge in [-0.25, -0.2) is 0 Å². The Hall–Kier alpha value is -0.820. The molecule has 0 atom stereocenters. The quantitative estimate of drug-likeness (QED) is 0.733. The first-order valence-electron chi connectivity index (χ1n) is 6.55. The van der Waals surface area contributed by atoms with Crippen molar-refractivity contribution in [3.05, 3.63) is 34.9 Å². The Morgan fingerprint density at radius 1 is 1.00 bits per heavy atom. The summed E-state index contributed by atoms with van der Waals surface area (Å²) in [6.07, 6.45) is 2.51. The Morgan fingerprint density at radius 2 is 1.53 bits per heavy atom. The first kappa shape index (κ1) is 18.5. The maximum Gasteiger partial charge on any atom is -0.0104 e. The van der Waals surface area contributed by atoms with Crippen LogP contribution < -0.4 is 6.15 Å². The van der Waals surface area contributed by atoms with Crippen LogP contribution in [0.25, 0.3) is 0 Å². The average Bonchev–Trinajstić information content (AvgIpc) is 2.25. The molecular weight excluding hydrogens is 206 g/mol. The summed E-state index contributed by atoms with van der Waals surface area (Å²) in [5.41, 5.74) is 4.60. The molecule has 0 aliphatic heterocycles. The Kier molecular flexibility index (Phi) is 9.05. The lowest BCUT2D eigenvalue weighted by atomic mass is 9.80. The lowest BCUT2D eigenvalue weighted by molar-refractivity contribution is 0.473. The van der Waals surface area contributed by atoms with Crippen molar-refractivity contribution < 1.29 is 0 Å². The summed E-state index contributed by atoms with van der Waals surface area (Å²) in [7, 11) is 0. The van der Waals surface area contributed by atoms with Crippen LogP contribution in [0, 0.1) is 13.8 Å². The summed E-state index contributed by atoms with van der Waals surface area (Å²) >= 11 is 0. The third-order valence-corrected chi connectivity index (χ3v) is 3.16. The minimum Gasteiger partial charge on any atom is -0.344 e. The van der Waals surface area contributed by atoms with E-state index in [0.717, 1.165) is 0 Å². The van der Waals surface area contributed by atoms with Gasteiger partial charge in [0.2, 0.25) is 0 Å². The Morgan fingerprint density at radius 3 is 1.94 bits per heavy atom. The summed E-state index contributed by atoms with van der Waals surface area (Å²) < 4.78 is 0. The molecule has 0 heterocycles. The van der Waals surface area contributed by atoms with Crippen LogP contribution in [0.15, 0.2) is 18.2 Å². The highest BCUT2D eigenvalue weighted by atomic mass is 14.2. The first-order chi connectivity index (χ1) is 7.47. The first-order valence-corrected chi connectivity index (χ1v) is 6.55. The minimum absolute atomic E-state index is 0. The van der Waals surface area contributed by atoms with Crippen LogP contribution in [0.5, 0.6) is 0 Å². The summed E-state index contributed by atoms with van der Waals surface area (Å²) in [5.74, 6) is 0. The Bertz CT molecular complexity index is 313. The van der Waals surface area contributed by atoms with Gasteiger partial charge in [-0.15, -0.1) is 0 Å². The third kappa shape index (κ3) is 5.36. The second-order valence-corrected chi connectivity index (χ2v) is 4.93. The predicted molar refractivity (Wildman–Crippen MR) is 80.2 cm³/mol. The Balaban J connectivity index is 0. The molecule has 0 aromatic heterocycles. The van der Waals surface area contributed by atoms with Gasteiger partial charge in [-0.2, -0.15) is 0 Å². The van der Waals surface area contributed by atoms with E-state index in [1.54, 1.807) is 0 Å². The normalized spacial score (nSPS) is 10.1. The van der Waals surface area contributed by atoms with Crippen molar-refractivity contribution in [3.8, 4) is 0 Å². The fraction of sp³-hybridized carbons (Fsp3) is 0.625. The SMILES string of the molecule is CC.CCCC(C)(C)c1ccc(C)c(C)c1.N. The van der Waals surface area contributed by atoms with Crippen LogP contribution in [0.1, 0.15) is 64.2 Å². The lowest BCUT2D eigenvalue weighted by Gasteiger charge is -2.25. The van der Waals surface area contributed by atoms with Gasteiger partial charge in [-0.1, -0.05) is 59.2 Å². The molecule has 0 aliphatic carbocycles. The smallest absolute Gasteiger partial charge is 0.0104 e. The Labute approximate surface area is 108 Å². The summed E-state index contributed by atoms with van der Waals surface area (Å²) in [6, 6.07) is 6.85. The number of benzene rings is 1. The van der Waals surface area contributed by atoms with Gasteiger partial charge < -0.3 is 6.15 Å². The molecule has 0 unspecified atom stereocenters. The van der Waals surface area contributed by atoms with Crippen LogP contribution in [0.4, 0.5) is 0 Å². The molecule has 3 N–H and O–H groups in total. The van der Waals surface area contributed by atoms with Gasteiger partial charge in [0.1, 0.15) is 0 Å². The molecule has 0 saturated heterocycles. The molecule has 0 bridgehead atoms. The van der Waals surface area contributed by atoms with E-state index >= 15 is 0 Å². The van der Waals surface area contributed by atoms with Crippen molar-refractivity contribution in [2.45, 2.75) is 66.7 Å². The van der Waals surface area contributed by atoms with E-state index in [1.807, 2.05) is 13.8 Å². The van der Waals surface area contributed by atoms with Crippen molar-refractivity contribution in [3.63, 3.8) is 0 Å². The summed E-state index contributed by atoms with van der Waals surface area (Å²) in [6.45, 7) is 15.3. The summed E-state index contributed by atoms with van der Waals surface area (Å²) in [4.78, 5) is 0. The van der Waals surface area contributed by atoms with Gasteiger partial charge >= 0.3 is 0 Å². The van der Waals surface area contributed by atoms with Gasteiger partial charge in [0.05, 0.1) is 0 Å². The molecule has 1 rings (SSSR count). The molecule has 1 heteroatoms. The molecule has 0 radical (unpaired) electrons. The van der Waals surface area contributed by atoms with Crippen LogP contribution in [0.2, 0.25) is 0 Å². The number of aryl methyl sites for hydroxylation is 2. The molecule has 100 valence electrons. The largest absolute Gasteiger partial charge is 0.344 e. The highest BCUT2D eigenvalue weighted by Gasteiger charge is 2.19. The molecular formula is C16H31N. The van der Waals surface area contributed by atoms with E-state index in [9.17, 15) is 0 Å². The van der Waals surface area contributed by atoms with Gasteiger partial charge in [0.25, 0.3) is 0 Å². The van der Waals surface area contributed by atoms with Crippen LogP contribution in [0.3, 0.4) is 0 Å². The number of hydrogen-bond acceptors (Lipinski definition) is 1. The second-order valence-electron chi connectivity index (χ2n) is 4.93. The van der Waals surface area contributed by atoms with Gasteiger partial charge in [-0.3, -0.25) is 0 Å². The standard InChI is InChI=1S/C14H22.C2H6.H3N/c1-6-9-14(4,5)13-8-7-11(2)12(3)10-13;1-2;/h7-8,10H,6,9H2,1-5H3;1-2H3;1H3. The molecule has 0 saturated carbocycles.